The van der Waals surface area contributed by atoms with Crippen molar-refractivity contribution in [1.82, 2.24) is 10.2 Å². The quantitative estimate of drug-likeness (QED) is 0.698. The van der Waals surface area contributed by atoms with Gasteiger partial charge in [-0.3, -0.25) is 4.79 Å². The molecule has 1 aliphatic heterocycles. The average molecular weight is 286 g/mol. The van der Waals surface area contributed by atoms with Crippen LogP contribution in [0.25, 0.3) is 0 Å². The highest BCUT2D eigenvalue weighted by molar-refractivity contribution is 5.83. The molecule has 0 aromatic rings. The summed E-state index contributed by atoms with van der Waals surface area (Å²) in [6.45, 7) is 4.33. The van der Waals surface area contributed by atoms with E-state index in [1.54, 1.807) is 6.92 Å². The highest BCUT2D eigenvalue weighted by Crippen LogP contribution is 2.17. The van der Waals surface area contributed by atoms with Gasteiger partial charge in [0.2, 0.25) is 0 Å². The van der Waals surface area contributed by atoms with Crippen molar-refractivity contribution in [3.8, 4) is 0 Å². The number of hydrogen-bond acceptors (Lipinski definition) is 3. The summed E-state index contributed by atoms with van der Waals surface area (Å²) in [5, 5.41) is 20.5. The number of urea groups is 1. The van der Waals surface area contributed by atoms with Gasteiger partial charge in [0, 0.05) is 13.1 Å². The summed E-state index contributed by atoms with van der Waals surface area (Å²) in [4.78, 5) is 35.5. The third-order valence-corrected chi connectivity index (χ3v) is 3.89. The first kappa shape index (κ1) is 16.3. The average Bonchev–Trinajstić information content (AvgIpc) is 2.43. The van der Waals surface area contributed by atoms with Gasteiger partial charge in [-0.1, -0.05) is 20.3 Å². The summed E-state index contributed by atoms with van der Waals surface area (Å²) in [5.41, 5.74) is 0. The van der Waals surface area contributed by atoms with Crippen LogP contribution in [0, 0.1) is 11.8 Å². The molecule has 0 aliphatic carbocycles. The number of aliphatic carboxylic acids is 2. The highest BCUT2D eigenvalue weighted by Gasteiger charge is 2.30. The van der Waals surface area contributed by atoms with Gasteiger partial charge in [-0.15, -0.1) is 0 Å². The van der Waals surface area contributed by atoms with Gasteiger partial charge in [-0.05, 0) is 18.8 Å². The van der Waals surface area contributed by atoms with Crippen molar-refractivity contribution in [3.05, 3.63) is 0 Å². The first-order valence-electron chi connectivity index (χ1n) is 6.87. The second-order valence-corrected chi connectivity index (χ2v) is 5.25. The minimum atomic E-state index is -1.05. The zero-order valence-electron chi connectivity index (χ0n) is 11.8. The van der Waals surface area contributed by atoms with Gasteiger partial charge < -0.3 is 20.4 Å². The number of amides is 2. The Bertz CT molecular complexity index is 377. The summed E-state index contributed by atoms with van der Waals surface area (Å²) >= 11 is 0. The van der Waals surface area contributed by atoms with Crippen LogP contribution >= 0.6 is 0 Å². The largest absolute Gasteiger partial charge is 0.481 e. The van der Waals surface area contributed by atoms with Gasteiger partial charge >= 0.3 is 18.0 Å². The minimum absolute atomic E-state index is 0.159. The topological polar surface area (TPSA) is 107 Å². The molecule has 7 nitrogen and oxygen atoms in total. The maximum atomic E-state index is 12.0. The van der Waals surface area contributed by atoms with Gasteiger partial charge in [0.25, 0.3) is 0 Å². The number of hydrogen-bond donors (Lipinski definition) is 3. The van der Waals surface area contributed by atoms with E-state index in [1.165, 1.54) is 4.90 Å². The molecule has 0 aromatic heterocycles. The zero-order valence-corrected chi connectivity index (χ0v) is 11.8. The van der Waals surface area contributed by atoms with Crippen molar-refractivity contribution in [1.29, 1.82) is 0 Å². The summed E-state index contributed by atoms with van der Waals surface area (Å²) in [5.74, 6) is -2.46. The van der Waals surface area contributed by atoms with E-state index >= 15 is 0 Å². The number of carbonyl (C=O) groups excluding carboxylic acids is 1. The first-order valence-corrected chi connectivity index (χ1v) is 6.87. The van der Waals surface area contributed by atoms with Crippen LogP contribution < -0.4 is 5.32 Å². The maximum Gasteiger partial charge on any atom is 0.326 e. The molecule has 7 heteroatoms. The Balaban J connectivity index is 2.54. The summed E-state index contributed by atoms with van der Waals surface area (Å²) in [7, 11) is 0. The molecule has 1 saturated heterocycles. The third kappa shape index (κ3) is 4.11. The molecule has 0 bridgehead atoms. The van der Waals surface area contributed by atoms with Crippen LogP contribution in [-0.2, 0) is 9.59 Å². The van der Waals surface area contributed by atoms with E-state index < -0.39 is 29.9 Å². The molecule has 0 radical (unpaired) electrons. The second-order valence-electron chi connectivity index (χ2n) is 5.25. The van der Waals surface area contributed by atoms with Crippen molar-refractivity contribution < 1.29 is 24.6 Å². The molecule has 1 rings (SSSR count). The smallest absolute Gasteiger partial charge is 0.326 e. The van der Waals surface area contributed by atoms with Crippen molar-refractivity contribution in [2.24, 2.45) is 11.8 Å². The number of carboxylic acids is 2. The molecule has 2 amide bonds. The fourth-order valence-electron chi connectivity index (χ4n) is 2.24. The third-order valence-electron chi connectivity index (χ3n) is 3.89. The number of piperidine rings is 1. The summed E-state index contributed by atoms with van der Waals surface area (Å²) < 4.78 is 0. The van der Waals surface area contributed by atoms with E-state index in [0.717, 1.165) is 0 Å². The molecule has 2 unspecified atom stereocenters. The normalized spacial score (nSPS) is 19.2. The van der Waals surface area contributed by atoms with Gasteiger partial charge in [-0.2, -0.15) is 0 Å². The van der Waals surface area contributed by atoms with E-state index in [-0.39, 0.29) is 5.92 Å². The molecule has 0 aromatic carbocycles. The van der Waals surface area contributed by atoms with Crippen LogP contribution in [0.4, 0.5) is 4.79 Å². The lowest BCUT2D eigenvalue weighted by molar-refractivity contribution is -0.143. The molecule has 0 saturated carbocycles. The van der Waals surface area contributed by atoms with Gasteiger partial charge in [-0.25, -0.2) is 9.59 Å². The molecule has 1 heterocycles. The Morgan fingerprint density at radius 2 is 1.80 bits per heavy atom. The van der Waals surface area contributed by atoms with Crippen LogP contribution in [0.15, 0.2) is 0 Å². The van der Waals surface area contributed by atoms with E-state index in [9.17, 15) is 14.4 Å². The fraction of sp³-hybridized carbons (Fsp3) is 0.769. The number of nitrogens with one attached hydrogen (secondary N) is 1. The number of rotatable bonds is 5. The Morgan fingerprint density at radius 1 is 1.25 bits per heavy atom. The number of likely N-dealkylation sites (tertiary alicyclic amines) is 1. The standard InChI is InChI=1S/C13H22N2O5/c1-3-8(2)10(12(18)19)14-13(20)15-6-4-9(5-7-15)11(16)17/h8-10H,3-7H2,1-2H3,(H,14,20)(H,16,17)(H,18,19). The Morgan fingerprint density at radius 3 is 2.20 bits per heavy atom. The SMILES string of the molecule is CCC(C)C(NC(=O)N1CCC(C(=O)O)CC1)C(=O)O. The van der Waals surface area contributed by atoms with Crippen molar-refractivity contribution in [2.45, 2.75) is 39.2 Å². The predicted molar refractivity (Wildman–Crippen MR) is 71.3 cm³/mol. The second kappa shape index (κ2) is 7.12. The molecule has 3 N–H and O–H groups in total. The van der Waals surface area contributed by atoms with E-state index in [0.29, 0.717) is 32.4 Å². The lowest BCUT2D eigenvalue weighted by atomic mass is 9.97. The molecule has 0 spiro atoms. The van der Waals surface area contributed by atoms with Gasteiger partial charge in [0.1, 0.15) is 6.04 Å². The molecule has 114 valence electrons. The maximum absolute atomic E-state index is 12.0. The molecular weight excluding hydrogens is 264 g/mol. The first-order chi connectivity index (χ1) is 9.36. The highest BCUT2D eigenvalue weighted by atomic mass is 16.4. The molecule has 20 heavy (non-hydrogen) atoms. The summed E-state index contributed by atoms with van der Waals surface area (Å²) in [6.07, 6.45) is 1.46. The summed E-state index contributed by atoms with van der Waals surface area (Å²) in [6, 6.07) is -1.34. The van der Waals surface area contributed by atoms with Crippen LogP contribution in [0.1, 0.15) is 33.1 Å². The Kier molecular flexibility index (Phi) is 5.79. The lowest BCUT2D eigenvalue weighted by Crippen LogP contribution is -2.52. The van der Waals surface area contributed by atoms with Crippen molar-refractivity contribution in [3.63, 3.8) is 0 Å². The van der Waals surface area contributed by atoms with Crippen molar-refractivity contribution >= 4 is 18.0 Å². The number of carboxylic acid groups (broad SMARTS) is 2. The van der Waals surface area contributed by atoms with Gasteiger partial charge in [0.15, 0.2) is 0 Å². The van der Waals surface area contributed by atoms with E-state index in [4.69, 9.17) is 10.2 Å². The monoisotopic (exact) mass is 286 g/mol. The van der Waals surface area contributed by atoms with E-state index in [1.807, 2.05) is 6.92 Å². The molecule has 1 aliphatic rings. The van der Waals surface area contributed by atoms with Crippen LogP contribution in [-0.4, -0.2) is 52.2 Å². The van der Waals surface area contributed by atoms with Crippen LogP contribution in [0.2, 0.25) is 0 Å². The number of carbonyl (C=O) groups is 3. The molecule has 2 atom stereocenters. The number of nitrogens with zero attached hydrogens (tertiary/aromatic N) is 1. The fourth-order valence-corrected chi connectivity index (χ4v) is 2.24. The Hall–Kier alpha value is -1.79. The molecular formula is C13H22N2O5. The Labute approximate surface area is 117 Å². The molecule has 1 fully saturated rings. The minimum Gasteiger partial charge on any atom is -0.481 e. The van der Waals surface area contributed by atoms with E-state index in [2.05, 4.69) is 5.32 Å². The zero-order chi connectivity index (χ0) is 15.3. The van der Waals surface area contributed by atoms with Crippen LogP contribution in [0.5, 0.6) is 0 Å². The predicted octanol–water partition coefficient (Wildman–Crippen LogP) is 0.992. The van der Waals surface area contributed by atoms with Crippen molar-refractivity contribution in [2.75, 3.05) is 13.1 Å². The van der Waals surface area contributed by atoms with Crippen LogP contribution in [0.3, 0.4) is 0 Å². The lowest BCUT2D eigenvalue weighted by Gasteiger charge is -2.32. The van der Waals surface area contributed by atoms with Gasteiger partial charge in [0.05, 0.1) is 5.92 Å².